The van der Waals surface area contributed by atoms with Gasteiger partial charge in [0.1, 0.15) is 11.6 Å². The van der Waals surface area contributed by atoms with Crippen LogP contribution in [0.4, 0.5) is 4.39 Å². The summed E-state index contributed by atoms with van der Waals surface area (Å²) in [4.78, 5) is 8.73. The number of fused-ring (bicyclic) bond motifs is 1. The van der Waals surface area contributed by atoms with Gasteiger partial charge in [-0.25, -0.2) is 20.2 Å². The maximum atomic E-state index is 14.4. The number of amidine groups is 2. The van der Waals surface area contributed by atoms with Crippen molar-refractivity contribution in [2.45, 2.75) is 38.1 Å². The summed E-state index contributed by atoms with van der Waals surface area (Å²) in [7, 11) is 0. The Kier molecular flexibility index (Phi) is 4.16. The van der Waals surface area contributed by atoms with Crippen LogP contribution in [0.15, 0.2) is 32.7 Å². The molecular formula is C15H19BrFN5O. The zero-order chi connectivity index (χ0) is 16.8. The molecule has 2 atom stereocenters. The summed E-state index contributed by atoms with van der Waals surface area (Å²) < 4.78 is 21.0. The second-order valence-electron chi connectivity index (χ2n) is 6.09. The smallest absolute Gasteiger partial charge is 0.190 e. The number of benzene rings is 1. The van der Waals surface area contributed by atoms with E-state index in [-0.39, 0.29) is 11.8 Å². The Morgan fingerprint density at radius 3 is 2.87 bits per heavy atom. The van der Waals surface area contributed by atoms with Crippen LogP contribution in [0.2, 0.25) is 0 Å². The van der Waals surface area contributed by atoms with E-state index >= 15 is 0 Å². The second-order valence-corrected chi connectivity index (χ2v) is 7.00. The molecular weight excluding hydrogens is 365 g/mol. The number of ether oxygens (including phenoxy) is 1. The number of nitrogens with two attached hydrogens (primary N) is 2. The molecule has 0 spiro atoms. The van der Waals surface area contributed by atoms with E-state index in [0.717, 1.165) is 20.8 Å². The quantitative estimate of drug-likeness (QED) is 0.766. The molecule has 0 aromatic heterocycles. The summed E-state index contributed by atoms with van der Waals surface area (Å²) in [6.07, 6.45) is -0.158. The Hall–Kier alpha value is -1.51. The first-order valence-electron chi connectivity index (χ1n) is 7.35. The molecule has 2 aliphatic heterocycles. The van der Waals surface area contributed by atoms with Gasteiger partial charge in [0.2, 0.25) is 0 Å². The Morgan fingerprint density at radius 1 is 1.43 bits per heavy atom. The summed E-state index contributed by atoms with van der Waals surface area (Å²) in [5.74, 6) is 7.07. The van der Waals surface area contributed by atoms with Crippen molar-refractivity contribution in [3.8, 4) is 5.75 Å². The zero-order valence-corrected chi connectivity index (χ0v) is 14.5. The summed E-state index contributed by atoms with van der Waals surface area (Å²) >= 11 is 3.46. The predicted octanol–water partition coefficient (Wildman–Crippen LogP) is 2.29. The molecule has 0 amide bonds. The molecule has 0 radical (unpaired) electrons. The standard InChI is InChI=1S/C15H19BrFN5O/c1-15(2,17)13-20-12(21-14(18)22(13)19)9-5-6-23-11-4-3-8(16)7-10(9)11/h3-4,7,9,14H,5-6,18-19H2,1-2H3. The van der Waals surface area contributed by atoms with Crippen LogP contribution in [0.5, 0.6) is 5.75 Å². The highest BCUT2D eigenvalue weighted by Crippen LogP contribution is 2.37. The minimum absolute atomic E-state index is 0.0815. The number of rotatable bonds is 2. The van der Waals surface area contributed by atoms with Gasteiger partial charge in [-0.3, -0.25) is 10.7 Å². The van der Waals surface area contributed by atoms with Gasteiger partial charge < -0.3 is 4.74 Å². The van der Waals surface area contributed by atoms with Gasteiger partial charge in [-0.15, -0.1) is 0 Å². The lowest BCUT2D eigenvalue weighted by atomic mass is 9.91. The molecule has 3 rings (SSSR count). The lowest BCUT2D eigenvalue weighted by molar-refractivity contribution is 0.238. The molecule has 23 heavy (non-hydrogen) atoms. The third kappa shape index (κ3) is 3.11. The number of aliphatic imine (C=N–C) groups is 2. The molecule has 0 saturated carbocycles. The van der Waals surface area contributed by atoms with Crippen LogP contribution in [0, 0.1) is 0 Å². The van der Waals surface area contributed by atoms with Crippen molar-refractivity contribution in [1.82, 2.24) is 5.01 Å². The highest BCUT2D eigenvalue weighted by molar-refractivity contribution is 9.10. The van der Waals surface area contributed by atoms with Crippen molar-refractivity contribution in [3.63, 3.8) is 0 Å². The topological polar surface area (TPSA) is 89.2 Å². The van der Waals surface area contributed by atoms with Crippen molar-refractivity contribution in [2.75, 3.05) is 6.61 Å². The van der Waals surface area contributed by atoms with Gasteiger partial charge in [0.15, 0.2) is 17.8 Å². The fourth-order valence-electron chi connectivity index (χ4n) is 2.76. The fourth-order valence-corrected chi connectivity index (χ4v) is 3.14. The third-order valence-electron chi connectivity index (χ3n) is 3.87. The van der Waals surface area contributed by atoms with Gasteiger partial charge >= 0.3 is 0 Å². The van der Waals surface area contributed by atoms with E-state index in [1.165, 1.54) is 13.8 Å². The van der Waals surface area contributed by atoms with Crippen LogP contribution in [0.3, 0.4) is 0 Å². The summed E-state index contributed by atoms with van der Waals surface area (Å²) in [6, 6.07) is 5.78. The number of hydrazine groups is 1. The number of halogens is 2. The molecule has 0 saturated heterocycles. The van der Waals surface area contributed by atoms with E-state index in [4.69, 9.17) is 16.3 Å². The van der Waals surface area contributed by atoms with Crippen molar-refractivity contribution in [1.29, 1.82) is 0 Å². The molecule has 0 aliphatic carbocycles. The largest absolute Gasteiger partial charge is 0.493 e. The molecule has 6 nitrogen and oxygen atoms in total. The summed E-state index contributed by atoms with van der Waals surface area (Å²) in [5, 5.41) is 1.07. The fraction of sp³-hybridized carbons (Fsp3) is 0.467. The predicted molar refractivity (Wildman–Crippen MR) is 91.1 cm³/mol. The van der Waals surface area contributed by atoms with Crippen LogP contribution in [-0.4, -0.2) is 35.2 Å². The molecule has 0 bridgehead atoms. The van der Waals surface area contributed by atoms with Gasteiger partial charge in [-0.05, 0) is 38.5 Å². The van der Waals surface area contributed by atoms with Crippen LogP contribution in [0.25, 0.3) is 0 Å². The Balaban J connectivity index is 2.04. The average molecular weight is 384 g/mol. The second kappa shape index (κ2) is 5.85. The lowest BCUT2D eigenvalue weighted by Gasteiger charge is -2.35. The van der Waals surface area contributed by atoms with E-state index in [9.17, 15) is 4.39 Å². The molecule has 4 N–H and O–H groups in total. The molecule has 1 aromatic carbocycles. The van der Waals surface area contributed by atoms with Gasteiger partial charge in [0.25, 0.3) is 0 Å². The van der Waals surface area contributed by atoms with Gasteiger partial charge in [-0.1, -0.05) is 15.9 Å². The van der Waals surface area contributed by atoms with E-state index < -0.39 is 12.0 Å². The van der Waals surface area contributed by atoms with Crippen molar-refractivity contribution in [3.05, 3.63) is 28.2 Å². The van der Waals surface area contributed by atoms with E-state index in [1.807, 2.05) is 18.2 Å². The Bertz CT molecular complexity index is 685. The Labute approximate surface area is 142 Å². The molecule has 124 valence electrons. The van der Waals surface area contributed by atoms with E-state index in [1.54, 1.807) is 0 Å². The van der Waals surface area contributed by atoms with Gasteiger partial charge in [-0.2, -0.15) is 0 Å². The molecule has 2 aliphatic rings. The number of hydrogen-bond acceptors (Lipinski definition) is 6. The SMILES string of the molecule is CC(C)(F)C1=NC(C2CCOc3ccc(Br)cc32)=NC(N)N1N. The average Bonchev–Trinajstić information content (AvgIpc) is 2.48. The van der Waals surface area contributed by atoms with Gasteiger partial charge in [0.05, 0.1) is 12.5 Å². The lowest BCUT2D eigenvalue weighted by Crippen LogP contribution is -2.57. The van der Waals surface area contributed by atoms with Crippen LogP contribution < -0.4 is 16.3 Å². The van der Waals surface area contributed by atoms with Crippen molar-refractivity contribution >= 4 is 27.6 Å². The number of nitrogens with zero attached hydrogens (tertiary/aromatic N) is 3. The maximum Gasteiger partial charge on any atom is 0.190 e. The van der Waals surface area contributed by atoms with Crippen LogP contribution in [-0.2, 0) is 0 Å². The molecule has 0 fully saturated rings. The molecule has 8 heteroatoms. The normalized spacial score (nSPS) is 24.5. The van der Waals surface area contributed by atoms with Crippen LogP contribution >= 0.6 is 15.9 Å². The molecule has 1 aromatic rings. The number of alkyl halides is 1. The third-order valence-corrected chi connectivity index (χ3v) is 4.36. The first-order valence-corrected chi connectivity index (χ1v) is 8.14. The molecule has 2 unspecified atom stereocenters. The molecule has 2 heterocycles. The summed E-state index contributed by atoms with van der Waals surface area (Å²) in [5.41, 5.74) is 5.19. The van der Waals surface area contributed by atoms with Crippen LogP contribution in [0.1, 0.15) is 31.7 Å². The maximum absolute atomic E-state index is 14.4. The zero-order valence-electron chi connectivity index (χ0n) is 13.0. The Morgan fingerprint density at radius 2 is 2.17 bits per heavy atom. The first-order chi connectivity index (χ1) is 10.8. The number of hydrogen-bond donors (Lipinski definition) is 2. The van der Waals surface area contributed by atoms with E-state index in [2.05, 4.69) is 25.9 Å². The highest BCUT2D eigenvalue weighted by atomic mass is 79.9. The highest BCUT2D eigenvalue weighted by Gasteiger charge is 2.37. The minimum atomic E-state index is -1.71. The first kappa shape index (κ1) is 16.4. The van der Waals surface area contributed by atoms with Crippen molar-refractivity contribution < 1.29 is 9.13 Å². The van der Waals surface area contributed by atoms with E-state index in [0.29, 0.717) is 18.9 Å². The summed E-state index contributed by atoms with van der Waals surface area (Å²) in [6.45, 7) is 3.34. The minimum Gasteiger partial charge on any atom is -0.493 e. The van der Waals surface area contributed by atoms with Gasteiger partial charge in [0, 0.05) is 10.0 Å². The van der Waals surface area contributed by atoms with Crippen molar-refractivity contribution in [2.24, 2.45) is 21.6 Å². The monoisotopic (exact) mass is 383 g/mol.